The molecule has 0 aliphatic carbocycles. The Morgan fingerprint density at radius 3 is 2.44 bits per heavy atom. The van der Waals surface area contributed by atoms with Gasteiger partial charge in [0.25, 0.3) is 5.91 Å². The van der Waals surface area contributed by atoms with Crippen LogP contribution in [0, 0.1) is 3.57 Å². The maximum Gasteiger partial charge on any atom is 0.258 e. The van der Waals surface area contributed by atoms with E-state index in [1.807, 2.05) is 30.3 Å². The number of hydrogen-bond donors (Lipinski definition) is 2. The summed E-state index contributed by atoms with van der Waals surface area (Å²) in [4.78, 5) is 13.0. The summed E-state index contributed by atoms with van der Waals surface area (Å²) < 4.78 is 25.9. The first-order chi connectivity index (χ1) is 15.1. The second kappa shape index (κ2) is 8.76. The minimum absolute atomic E-state index is 0.225. The van der Waals surface area contributed by atoms with Gasteiger partial charge in [0.2, 0.25) is 10.0 Å². The molecule has 1 amide bonds. The van der Waals surface area contributed by atoms with Gasteiger partial charge >= 0.3 is 0 Å². The van der Waals surface area contributed by atoms with Gasteiger partial charge in [-0.05, 0) is 76.7 Å². The van der Waals surface area contributed by atoms with Crippen molar-refractivity contribution in [1.82, 2.24) is 0 Å². The van der Waals surface area contributed by atoms with Crippen molar-refractivity contribution in [1.29, 1.82) is 0 Å². The molecule has 0 fully saturated rings. The van der Waals surface area contributed by atoms with Crippen molar-refractivity contribution in [2.75, 3.05) is 28.2 Å². The van der Waals surface area contributed by atoms with Crippen LogP contribution in [-0.2, 0) is 14.8 Å². The minimum Gasteiger partial charge on any atom is -0.354 e. The van der Waals surface area contributed by atoms with Crippen LogP contribution in [0.4, 0.5) is 17.1 Å². The Labute approximate surface area is 205 Å². The molecular formula is C23H19ClIN3O3S. The molecule has 0 aromatic heterocycles. The van der Waals surface area contributed by atoms with E-state index < -0.39 is 10.0 Å². The Balaban J connectivity index is 1.81. The highest BCUT2D eigenvalue weighted by Crippen LogP contribution is 2.39. The molecule has 0 atom stereocenters. The summed E-state index contributed by atoms with van der Waals surface area (Å²) in [7, 11) is -1.86. The molecule has 2 N–H and O–H groups in total. The summed E-state index contributed by atoms with van der Waals surface area (Å²) in [6.07, 6.45) is 1.15. The van der Waals surface area contributed by atoms with Gasteiger partial charge in [-0.15, -0.1) is 0 Å². The molecule has 32 heavy (non-hydrogen) atoms. The van der Waals surface area contributed by atoms with E-state index in [4.69, 9.17) is 11.6 Å². The number of nitrogens with one attached hydrogen (secondary N) is 2. The molecule has 1 heterocycles. The number of nitrogens with zero attached hydrogens (tertiary/aromatic N) is 1. The number of carbonyl (C=O) groups excluding carboxylic acids is 1. The third-order valence-corrected chi connectivity index (χ3v) is 7.20. The first kappa shape index (κ1) is 22.6. The van der Waals surface area contributed by atoms with Gasteiger partial charge in [0.1, 0.15) is 0 Å². The highest BCUT2D eigenvalue weighted by molar-refractivity contribution is 14.1. The van der Waals surface area contributed by atoms with Crippen LogP contribution < -0.4 is 14.9 Å². The lowest BCUT2D eigenvalue weighted by Gasteiger charge is -2.18. The van der Waals surface area contributed by atoms with Gasteiger partial charge in [-0.1, -0.05) is 29.8 Å². The van der Waals surface area contributed by atoms with Crippen LogP contribution in [0.5, 0.6) is 0 Å². The van der Waals surface area contributed by atoms with E-state index in [9.17, 15) is 13.2 Å². The zero-order valence-electron chi connectivity index (χ0n) is 17.2. The van der Waals surface area contributed by atoms with Crippen molar-refractivity contribution < 1.29 is 13.2 Å². The summed E-state index contributed by atoms with van der Waals surface area (Å²) in [6.45, 7) is 0. The van der Waals surface area contributed by atoms with Gasteiger partial charge in [-0.3, -0.25) is 9.10 Å². The largest absolute Gasteiger partial charge is 0.354 e. The maximum absolute atomic E-state index is 13.0. The molecule has 0 radical (unpaired) electrons. The van der Waals surface area contributed by atoms with Crippen molar-refractivity contribution >= 4 is 78.5 Å². The minimum atomic E-state index is -3.36. The van der Waals surface area contributed by atoms with Gasteiger partial charge in [-0.25, -0.2) is 8.42 Å². The van der Waals surface area contributed by atoms with Crippen LogP contribution in [0.15, 0.2) is 66.7 Å². The Morgan fingerprint density at radius 2 is 1.78 bits per heavy atom. The molecule has 1 aliphatic rings. The average Bonchev–Trinajstić information content (AvgIpc) is 3.06. The van der Waals surface area contributed by atoms with E-state index in [1.54, 1.807) is 36.4 Å². The summed E-state index contributed by atoms with van der Waals surface area (Å²) in [6, 6.07) is 20.1. The lowest BCUT2D eigenvalue weighted by atomic mass is 10.00. The molecule has 1 aliphatic heterocycles. The van der Waals surface area contributed by atoms with Crippen molar-refractivity contribution in [3.8, 4) is 0 Å². The predicted octanol–water partition coefficient (Wildman–Crippen LogP) is 5.27. The molecule has 9 heteroatoms. The normalized spacial score (nSPS) is 14.6. The zero-order chi connectivity index (χ0) is 23.0. The molecule has 0 saturated carbocycles. The van der Waals surface area contributed by atoms with E-state index in [2.05, 4.69) is 33.2 Å². The first-order valence-corrected chi connectivity index (χ1v) is 12.9. The second-order valence-electron chi connectivity index (χ2n) is 7.31. The number of sulfonamides is 1. The van der Waals surface area contributed by atoms with Crippen molar-refractivity contribution in [3.63, 3.8) is 0 Å². The van der Waals surface area contributed by atoms with E-state index in [1.165, 1.54) is 11.4 Å². The number of rotatable bonds is 5. The van der Waals surface area contributed by atoms with Crippen LogP contribution in [0.3, 0.4) is 0 Å². The Kier molecular flexibility index (Phi) is 6.19. The van der Waals surface area contributed by atoms with E-state index in [-0.39, 0.29) is 5.91 Å². The number of hydrogen-bond acceptors (Lipinski definition) is 4. The molecule has 3 aromatic carbocycles. The van der Waals surface area contributed by atoms with Crippen LogP contribution in [0.1, 0.15) is 11.1 Å². The molecular weight excluding hydrogens is 561 g/mol. The fraction of sp³-hybridized carbons (Fsp3) is 0.0870. The summed E-state index contributed by atoms with van der Waals surface area (Å²) in [5.74, 6) is -0.225. The number of benzene rings is 3. The van der Waals surface area contributed by atoms with Crippen molar-refractivity contribution in [2.24, 2.45) is 0 Å². The third-order valence-electron chi connectivity index (χ3n) is 5.09. The topological polar surface area (TPSA) is 78.5 Å². The van der Waals surface area contributed by atoms with Gasteiger partial charge in [0.05, 0.1) is 28.9 Å². The van der Waals surface area contributed by atoms with Gasteiger partial charge in [0, 0.05) is 26.9 Å². The van der Waals surface area contributed by atoms with Crippen LogP contribution >= 0.6 is 34.2 Å². The number of amides is 1. The van der Waals surface area contributed by atoms with Crippen LogP contribution in [0.2, 0.25) is 5.02 Å². The molecule has 3 aromatic rings. The summed E-state index contributed by atoms with van der Waals surface area (Å²) in [5, 5.41) is 6.79. The Morgan fingerprint density at radius 1 is 1.06 bits per heavy atom. The molecule has 0 saturated heterocycles. The fourth-order valence-electron chi connectivity index (χ4n) is 3.41. The third kappa shape index (κ3) is 4.62. The highest BCUT2D eigenvalue weighted by atomic mass is 127. The number of anilines is 3. The average molecular weight is 580 g/mol. The Hall–Kier alpha value is -2.56. The van der Waals surface area contributed by atoms with Crippen molar-refractivity contribution in [3.05, 3.63) is 86.4 Å². The first-order valence-electron chi connectivity index (χ1n) is 9.56. The smallest absolute Gasteiger partial charge is 0.258 e. The summed E-state index contributed by atoms with van der Waals surface area (Å²) in [5.41, 5.74) is 4.68. The second-order valence-corrected chi connectivity index (χ2v) is 11.0. The van der Waals surface area contributed by atoms with E-state index in [0.29, 0.717) is 33.4 Å². The molecule has 0 spiro atoms. The molecule has 0 unspecified atom stereocenters. The highest BCUT2D eigenvalue weighted by Gasteiger charge is 2.28. The fourth-order valence-corrected chi connectivity index (χ4v) is 4.63. The SMILES string of the molecule is CN(c1ccc(N/C(=C2\C(=O)Nc3cc(Cl)ccc32)c2cccc(I)c2)cc1)S(C)(=O)=O. The van der Waals surface area contributed by atoms with Crippen LogP contribution in [0.25, 0.3) is 11.3 Å². The molecule has 6 nitrogen and oxygen atoms in total. The Bertz CT molecular complexity index is 1360. The van der Waals surface area contributed by atoms with Crippen molar-refractivity contribution in [2.45, 2.75) is 0 Å². The maximum atomic E-state index is 13.0. The lowest BCUT2D eigenvalue weighted by Crippen LogP contribution is -2.24. The molecule has 0 bridgehead atoms. The number of halogens is 2. The zero-order valence-corrected chi connectivity index (χ0v) is 20.9. The van der Waals surface area contributed by atoms with Gasteiger partial charge in [-0.2, -0.15) is 0 Å². The number of carbonyl (C=O) groups is 1. The summed E-state index contributed by atoms with van der Waals surface area (Å²) >= 11 is 8.34. The standard InChI is InChI=1S/C23H19ClIN3O3S/c1-28(32(2,30)31)18-9-7-17(8-10-18)26-22(14-4-3-5-16(25)12-14)21-19-11-6-15(24)13-20(19)27-23(21)29/h3-13,26H,1-2H3,(H,27,29)/b22-21-. The molecule has 164 valence electrons. The van der Waals surface area contributed by atoms with Gasteiger partial charge in [0.15, 0.2) is 0 Å². The molecule has 4 rings (SSSR count). The number of fused-ring (bicyclic) bond motifs is 1. The lowest BCUT2D eigenvalue weighted by molar-refractivity contribution is -0.110. The van der Waals surface area contributed by atoms with E-state index >= 15 is 0 Å². The quantitative estimate of drug-likeness (QED) is 0.319. The van der Waals surface area contributed by atoms with Gasteiger partial charge < -0.3 is 10.6 Å². The van der Waals surface area contributed by atoms with Crippen LogP contribution in [-0.4, -0.2) is 27.6 Å². The predicted molar refractivity (Wildman–Crippen MR) is 139 cm³/mol. The monoisotopic (exact) mass is 579 g/mol. The van der Waals surface area contributed by atoms with E-state index in [0.717, 1.165) is 21.0 Å².